The van der Waals surface area contributed by atoms with E-state index >= 15 is 0 Å². The molecule has 2 unspecified atom stereocenters. The minimum atomic E-state index is -1.98. The number of carboxylic acid groups (broad SMARTS) is 1. The lowest BCUT2D eigenvalue weighted by atomic mass is 9.90. The maximum absolute atomic E-state index is 10.8. The number of carboxylic acids is 1. The van der Waals surface area contributed by atoms with E-state index in [9.17, 15) is 4.79 Å². The summed E-state index contributed by atoms with van der Waals surface area (Å²) in [4.78, 5) is 10.8. The Morgan fingerprint density at radius 1 is 1.10 bits per heavy atom. The topological polar surface area (TPSA) is 65.0 Å². The quantitative estimate of drug-likeness (QED) is 0.103. The lowest BCUT2D eigenvalue weighted by Crippen LogP contribution is -2.45. The monoisotopic (exact) mass is 600 g/mol. The van der Waals surface area contributed by atoms with Crippen molar-refractivity contribution in [2.24, 2.45) is 5.92 Å². The first-order valence-electron chi connectivity index (χ1n) is 15.7. The van der Waals surface area contributed by atoms with Gasteiger partial charge in [0.1, 0.15) is 12.4 Å². The van der Waals surface area contributed by atoms with Crippen molar-refractivity contribution in [2.75, 3.05) is 6.61 Å². The smallest absolute Gasteiger partial charge is 0.307 e. The van der Waals surface area contributed by atoms with Gasteiger partial charge in [-0.3, -0.25) is 4.79 Å². The van der Waals surface area contributed by atoms with E-state index in [0.29, 0.717) is 12.5 Å². The van der Waals surface area contributed by atoms with E-state index in [4.69, 9.17) is 18.7 Å². The molecule has 1 N–H and O–H groups in total. The zero-order valence-corrected chi connectivity index (χ0v) is 29.0. The summed E-state index contributed by atoms with van der Waals surface area (Å²) in [6, 6.07) is 13.5. The van der Waals surface area contributed by atoms with Gasteiger partial charge in [-0.05, 0) is 92.7 Å². The number of hydrogen-bond donors (Lipinski definition) is 1. The lowest BCUT2D eigenvalue weighted by Gasteiger charge is -2.39. The van der Waals surface area contributed by atoms with Gasteiger partial charge >= 0.3 is 5.97 Å². The predicted octanol–water partition coefficient (Wildman–Crippen LogP) is 9.54. The van der Waals surface area contributed by atoms with E-state index in [1.165, 1.54) is 5.57 Å². The third kappa shape index (κ3) is 11.4. The standard InChI is InChI=1S/C34H56O5Si2/c1-9-41(10-2,11-3)39-32-26-24-28(31(32)21-17-12-13-18-22-33(35)36)23-25-30(38-40(7,8)34(4,5)6)27-37-29-19-15-14-16-20-29/h12,14-16,18-20,24,30-32H,9-11,17,21-23,25-27H2,1-8H3,(H,35,36)/t13?,30?,31-,32?/m1/s1. The van der Waals surface area contributed by atoms with Gasteiger partial charge in [-0.25, -0.2) is 0 Å². The summed E-state index contributed by atoms with van der Waals surface area (Å²) in [7, 11) is -3.72. The molecule has 1 aromatic carbocycles. The van der Waals surface area contributed by atoms with Crippen LogP contribution >= 0.6 is 0 Å². The van der Waals surface area contributed by atoms with Crippen molar-refractivity contribution in [2.45, 2.75) is 129 Å². The summed E-state index contributed by atoms with van der Waals surface area (Å²) in [6.07, 6.45) is 11.0. The van der Waals surface area contributed by atoms with Crippen molar-refractivity contribution in [3.05, 3.63) is 59.9 Å². The minimum Gasteiger partial charge on any atom is -0.491 e. The molecule has 3 atom stereocenters. The van der Waals surface area contributed by atoms with E-state index < -0.39 is 22.6 Å². The maximum atomic E-state index is 10.8. The Morgan fingerprint density at radius 2 is 1.76 bits per heavy atom. The first kappa shape index (κ1) is 35.3. The molecule has 0 spiro atoms. The van der Waals surface area contributed by atoms with Gasteiger partial charge in [0.15, 0.2) is 16.6 Å². The fraction of sp³-hybridized carbons (Fsp3) is 0.647. The molecule has 0 radical (unpaired) electrons. The molecule has 2 rings (SSSR count). The zero-order chi connectivity index (χ0) is 30.5. The highest BCUT2D eigenvalue weighted by molar-refractivity contribution is 6.74. The number of carbonyl (C=O) groups is 1. The normalized spacial score (nSPS) is 18.4. The van der Waals surface area contributed by atoms with Gasteiger partial charge in [0.05, 0.1) is 18.6 Å². The maximum Gasteiger partial charge on any atom is 0.307 e. The van der Waals surface area contributed by atoms with Crippen molar-refractivity contribution in [1.29, 1.82) is 0 Å². The molecule has 0 heterocycles. The van der Waals surface area contributed by atoms with Crippen molar-refractivity contribution >= 4 is 22.6 Å². The number of para-hydroxylation sites is 1. The van der Waals surface area contributed by atoms with Gasteiger partial charge in [-0.2, -0.15) is 0 Å². The lowest BCUT2D eigenvalue weighted by molar-refractivity contribution is -0.136. The predicted molar refractivity (Wildman–Crippen MR) is 176 cm³/mol. The van der Waals surface area contributed by atoms with Crippen LogP contribution in [0.2, 0.25) is 36.3 Å². The zero-order valence-electron chi connectivity index (χ0n) is 27.0. The second kappa shape index (κ2) is 16.7. The Balaban J connectivity index is 2.19. The highest BCUT2D eigenvalue weighted by atomic mass is 28.4. The molecule has 0 saturated heterocycles. The molecule has 5 nitrogen and oxygen atoms in total. The van der Waals surface area contributed by atoms with Crippen LogP contribution in [0.25, 0.3) is 0 Å². The molecule has 1 aromatic rings. The molecule has 0 aromatic heterocycles. The van der Waals surface area contributed by atoms with E-state index in [1.54, 1.807) is 6.08 Å². The number of benzene rings is 1. The second-order valence-corrected chi connectivity index (χ2v) is 22.4. The largest absolute Gasteiger partial charge is 0.491 e. The van der Waals surface area contributed by atoms with Gasteiger partial charge in [-0.15, -0.1) is 5.73 Å². The summed E-state index contributed by atoms with van der Waals surface area (Å²) in [5.74, 6) is 0.421. The van der Waals surface area contributed by atoms with E-state index in [1.807, 2.05) is 36.4 Å². The second-order valence-electron chi connectivity index (χ2n) is 12.9. The molecular weight excluding hydrogens is 545 g/mol. The summed E-state index contributed by atoms with van der Waals surface area (Å²) in [5, 5.41) is 9.02. The van der Waals surface area contributed by atoms with E-state index in [2.05, 4.69) is 66.4 Å². The highest BCUT2D eigenvalue weighted by Crippen LogP contribution is 2.41. The summed E-state index contributed by atoms with van der Waals surface area (Å²) in [6.45, 7) is 18.9. The Labute approximate surface area is 252 Å². The molecular formula is C34H56O5Si2. The Bertz CT molecular complexity index is 1010. The van der Waals surface area contributed by atoms with Gasteiger partial charge < -0.3 is 18.7 Å². The molecule has 7 heteroatoms. The first-order valence-corrected chi connectivity index (χ1v) is 21.1. The average Bonchev–Trinajstić information content (AvgIpc) is 3.31. The Hall–Kier alpha value is -1.90. The Kier molecular flexibility index (Phi) is 14.3. The minimum absolute atomic E-state index is 0.00903. The van der Waals surface area contributed by atoms with Gasteiger partial charge in [0, 0.05) is 5.92 Å². The SMILES string of the molecule is CC[Si](CC)(CC)OC1CC=C(CCC(COc2ccccc2)O[Si](C)(C)C(C)(C)C)[C@H]1CCC=C=CCC(=O)O. The first-order chi connectivity index (χ1) is 19.4. The van der Waals surface area contributed by atoms with Crippen molar-refractivity contribution in [3.8, 4) is 5.75 Å². The number of hydrogen-bond acceptors (Lipinski definition) is 4. The fourth-order valence-corrected chi connectivity index (χ4v) is 9.59. The van der Waals surface area contributed by atoms with Crippen LogP contribution in [0.1, 0.15) is 80.1 Å². The average molecular weight is 601 g/mol. The summed E-state index contributed by atoms with van der Waals surface area (Å²) in [5.41, 5.74) is 4.54. The van der Waals surface area contributed by atoms with Crippen LogP contribution in [0, 0.1) is 5.92 Å². The van der Waals surface area contributed by atoms with Crippen LogP contribution in [-0.2, 0) is 13.6 Å². The molecule has 1 aliphatic rings. The molecule has 0 bridgehead atoms. The third-order valence-corrected chi connectivity index (χ3v) is 18.4. The Morgan fingerprint density at radius 3 is 2.34 bits per heavy atom. The van der Waals surface area contributed by atoms with Crippen molar-refractivity contribution in [3.63, 3.8) is 0 Å². The van der Waals surface area contributed by atoms with Crippen LogP contribution < -0.4 is 4.74 Å². The van der Waals surface area contributed by atoms with Crippen molar-refractivity contribution in [1.82, 2.24) is 0 Å². The highest BCUT2D eigenvalue weighted by Gasteiger charge is 2.40. The van der Waals surface area contributed by atoms with Gasteiger partial charge in [0.2, 0.25) is 0 Å². The van der Waals surface area contributed by atoms with Gasteiger partial charge in [-0.1, -0.05) is 71.4 Å². The van der Waals surface area contributed by atoms with Crippen LogP contribution in [0.3, 0.4) is 0 Å². The fourth-order valence-electron chi connectivity index (χ4n) is 5.31. The molecule has 1 aliphatic carbocycles. The summed E-state index contributed by atoms with van der Waals surface area (Å²) >= 11 is 0. The molecule has 0 fully saturated rings. The number of ether oxygens (including phenoxy) is 1. The van der Waals surface area contributed by atoms with E-state index in [-0.39, 0.29) is 23.7 Å². The molecule has 230 valence electrons. The third-order valence-electron chi connectivity index (χ3n) is 9.21. The summed E-state index contributed by atoms with van der Waals surface area (Å²) < 4.78 is 20.2. The molecule has 0 amide bonds. The number of aliphatic carboxylic acids is 1. The van der Waals surface area contributed by atoms with E-state index in [0.717, 1.165) is 56.0 Å². The molecule has 41 heavy (non-hydrogen) atoms. The van der Waals surface area contributed by atoms with Crippen LogP contribution in [0.4, 0.5) is 0 Å². The van der Waals surface area contributed by atoms with Crippen LogP contribution in [0.15, 0.2) is 59.9 Å². The van der Waals surface area contributed by atoms with Crippen LogP contribution in [-0.4, -0.2) is 46.5 Å². The number of rotatable bonds is 18. The van der Waals surface area contributed by atoms with Gasteiger partial charge in [0.25, 0.3) is 0 Å². The van der Waals surface area contributed by atoms with Crippen molar-refractivity contribution < 1.29 is 23.5 Å². The molecule has 0 aliphatic heterocycles. The van der Waals surface area contributed by atoms with Crippen LogP contribution in [0.5, 0.6) is 5.75 Å². The molecule has 0 saturated carbocycles.